The van der Waals surface area contributed by atoms with Gasteiger partial charge in [0.1, 0.15) is 18.1 Å². The molecular formula is C29H39N3O7S. The zero-order chi connectivity index (χ0) is 28.9. The van der Waals surface area contributed by atoms with E-state index in [4.69, 9.17) is 19.3 Å². The maximum atomic E-state index is 14.0. The molecule has 2 aliphatic heterocycles. The van der Waals surface area contributed by atoms with Crippen LogP contribution in [0, 0.1) is 6.92 Å². The molecule has 40 heavy (non-hydrogen) atoms. The number of carbonyl (C=O) groups is 2. The Bertz CT molecular complexity index is 1330. The van der Waals surface area contributed by atoms with Crippen molar-refractivity contribution in [3.05, 3.63) is 53.6 Å². The molecule has 0 saturated carbocycles. The van der Waals surface area contributed by atoms with Crippen LogP contribution >= 0.6 is 0 Å². The molecule has 4 rings (SSSR count). The average molecular weight is 574 g/mol. The molecule has 11 heteroatoms. The van der Waals surface area contributed by atoms with Crippen LogP contribution in [-0.4, -0.2) is 81.1 Å². The Morgan fingerprint density at radius 3 is 2.62 bits per heavy atom. The lowest BCUT2D eigenvalue weighted by Gasteiger charge is -2.45. The van der Waals surface area contributed by atoms with Crippen molar-refractivity contribution in [1.29, 1.82) is 0 Å². The van der Waals surface area contributed by atoms with Crippen molar-refractivity contribution in [2.75, 3.05) is 39.5 Å². The minimum absolute atomic E-state index is 0.0246. The molecule has 1 fully saturated rings. The molecule has 0 radical (unpaired) electrons. The summed E-state index contributed by atoms with van der Waals surface area (Å²) in [4.78, 5) is 30.7. The van der Waals surface area contributed by atoms with Crippen molar-refractivity contribution in [3.63, 3.8) is 0 Å². The molecule has 0 aliphatic carbocycles. The molecule has 2 aromatic rings. The smallest absolute Gasteiger partial charge is 0.260 e. The SMILES string of the molecule is Cc1cc(S(N)(=O)=O)ccc1OCC(=O)N1CCOC2(CCCCc3ccccc3OCCN(C(C)C)C2=O)C1. The zero-order valence-electron chi connectivity index (χ0n) is 23.4. The Morgan fingerprint density at radius 2 is 1.90 bits per heavy atom. The molecule has 1 spiro atoms. The number of hydrogen-bond donors (Lipinski definition) is 1. The van der Waals surface area contributed by atoms with Crippen LogP contribution in [0.1, 0.15) is 44.2 Å². The number of hydrogen-bond acceptors (Lipinski definition) is 7. The molecule has 0 aromatic heterocycles. The Kier molecular flexibility index (Phi) is 9.37. The number of aryl methyl sites for hydroxylation is 2. The van der Waals surface area contributed by atoms with E-state index in [2.05, 4.69) is 6.07 Å². The lowest BCUT2D eigenvalue weighted by Crippen LogP contribution is -2.63. The zero-order valence-corrected chi connectivity index (χ0v) is 24.2. The fourth-order valence-corrected chi connectivity index (χ4v) is 5.86. The van der Waals surface area contributed by atoms with Gasteiger partial charge in [-0.05, 0) is 81.8 Å². The maximum Gasteiger partial charge on any atom is 0.260 e. The second kappa shape index (κ2) is 12.6. The molecule has 0 bridgehead atoms. The number of amides is 2. The minimum atomic E-state index is -3.84. The summed E-state index contributed by atoms with van der Waals surface area (Å²) < 4.78 is 41.3. The number of morpholine rings is 1. The highest BCUT2D eigenvalue weighted by Crippen LogP contribution is 2.30. The third-order valence-electron chi connectivity index (χ3n) is 7.48. The summed E-state index contributed by atoms with van der Waals surface area (Å²) in [5.74, 6) is 0.837. The number of rotatable bonds is 5. The molecule has 2 aromatic carbocycles. The van der Waals surface area contributed by atoms with E-state index in [9.17, 15) is 18.0 Å². The van der Waals surface area contributed by atoms with E-state index in [1.54, 1.807) is 16.7 Å². The van der Waals surface area contributed by atoms with Gasteiger partial charge in [-0.1, -0.05) is 18.2 Å². The normalized spacial score (nSPS) is 20.9. The molecule has 2 amide bonds. The van der Waals surface area contributed by atoms with Gasteiger partial charge >= 0.3 is 0 Å². The first-order valence-corrected chi connectivity index (χ1v) is 15.2. The Morgan fingerprint density at radius 1 is 1.12 bits per heavy atom. The summed E-state index contributed by atoms with van der Waals surface area (Å²) in [6.07, 6.45) is 2.93. The van der Waals surface area contributed by atoms with Gasteiger partial charge in [-0.25, -0.2) is 13.6 Å². The fraction of sp³-hybridized carbons (Fsp3) is 0.517. The van der Waals surface area contributed by atoms with E-state index in [0.717, 1.165) is 30.6 Å². The number of nitrogens with two attached hydrogens (primary N) is 1. The standard InChI is InChI=1S/C29H39N3O7S/c1-21(2)32-15-16-37-26-10-5-4-8-23(26)9-6-7-13-29(28(32)34)20-31(14-17-39-29)27(33)19-38-25-12-11-24(18-22(25)3)40(30,35)36/h4-5,8,10-12,18,21H,6-7,9,13-17,19-20H2,1-3H3,(H2,30,35,36). The van der Waals surface area contributed by atoms with E-state index in [0.29, 0.717) is 37.4 Å². The largest absolute Gasteiger partial charge is 0.491 e. The highest BCUT2D eigenvalue weighted by Gasteiger charge is 2.47. The summed E-state index contributed by atoms with van der Waals surface area (Å²) in [5.41, 5.74) is 0.540. The molecule has 10 nitrogen and oxygen atoms in total. The van der Waals surface area contributed by atoms with Crippen LogP contribution in [0.5, 0.6) is 11.5 Å². The van der Waals surface area contributed by atoms with Gasteiger partial charge in [0.05, 0.1) is 24.6 Å². The van der Waals surface area contributed by atoms with E-state index < -0.39 is 15.6 Å². The summed E-state index contributed by atoms with van der Waals surface area (Å²) in [7, 11) is -3.84. The Labute approximate surface area is 236 Å². The van der Waals surface area contributed by atoms with Crippen LogP contribution in [0.25, 0.3) is 0 Å². The summed E-state index contributed by atoms with van der Waals surface area (Å²) in [6.45, 7) is 6.85. The molecule has 1 unspecified atom stereocenters. The number of ether oxygens (including phenoxy) is 3. The second-order valence-corrected chi connectivity index (χ2v) is 12.2. The number of benzene rings is 2. The molecule has 2 heterocycles. The summed E-state index contributed by atoms with van der Waals surface area (Å²) in [6, 6.07) is 12.2. The van der Waals surface area contributed by atoms with Gasteiger partial charge < -0.3 is 24.0 Å². The number of primary sulfonamides is 1. The van der Waals surface area contributed by atoms with Gasteiger partial charge in [-0.2, -0.15) is 0 Å². The van der Waals surface area contributed by atoms with Gasteiger partial charge in [0.2, 0.25) is 10.0 Å². The van der Waals surface area contributed by atoms with Crippen molar-refractivity contribution in [2.45, 2.75) is 63.0 Å². The van der Waals surface area contributed by atoms with Crippen LogP contribution in [0.2, 0.25) is 0 Å². The van der Waals surface area contributed by atoms with Crippen LogP contribution in [0.15, 0.2) is 47.4 Å². The first kappa shape index (κ1) is 29.8. The summed E-state index contributed by atoms with van der Waals surface area (Å²) >= 11 is 0. The van der Waals surface area contributed by atoms with Crippen LogP contribution in [0.3, 0.4) is 0 Å². The van der Waals surface area contributed by atoms with Gasteiger partial charge in [-0.3, -0.25) is 9.59 Å². The molecule has 1 atom stereocenters. The van der Waals surface area contributed by atoms with Gasteiger partial charge in [-0.15, -0.1) is 0 Å². The molecule has 1 saturated heterocycles. The first-order chi connectivity index (χ1) is 19.0. The Hall–Kier alpha value is -3.15. The molecule has 2 aliphatic rings. The average Bonchev–Trinajstić information content (AvgIpc) is 2.91. The van der Waals surface area contributed by atoms with Crippen molar-refractivity contribution >= 4 is 21.8 Å². The van der Waals surface area contributed by atoms with Crippen molar-refractivity contribution in [3.8, 4) is 11.5 Å². The fourth-order valence-electron chi connectivity index (χ4n) is 5.26. The van der Waals surface area contributed by atoms with E-state index in [1.807, 2.05) is 32.0 Å². The lowest BCUT2D eigenvalue weighted by molar-refractivity contribution is -0.178. The number of para-hydroxylation sites is 1. The quantitative estimate of drug-likeness (QED) is 0.582. The maximum absolute atomic E-state index is 14.0. The highest BCUT2D eigenvalue weighted by atomic mass is 32.2. The number of carbonyl (C=O) groups excluding carboxylic acids is 2. The topological polar surface area (TPSA) is 128 Å². The predicted molar refractivity (Wildman–Crippen MR) is 150 cm³/mol. The van der Waals surface area contributed by atoms with E-state index in [-0.39, 0.29) is 42.5 Å². The van der Waals surface area contributed by atoms with Crippen molar-refractivity contribution in [1.82, 2.24) is 9.80 Å². The van der Waals surface area contributed by atoms with Crippen LogP contribution in [0.4, 0.5) is 0 Å². The molecular weight excluding hydrogens is 534 g/mol. The number of fused-ring (bicyclic) bond motifs is 1. The first-order valence-electron chi connectivity index (χ1n) is 13.7. The van der Waals surface area contributed by atoms with Crippen LogP contribution < -0.4 is 14.6 Å². The van der Waals surface area contributed by atoms with Gasteiger partial charge in [0.25, 0.3) is 11.8 Å². The van der Waals surface area contributed by atoms with Crippen molar-refractivity contribution in [2.24, 2.45) is 5.14 Å². The highest BCUT2D eigenvalue weighted by molar-refractivity contribution is 7.89. The second-order valence-electron chi connectivity index (χ2n) is 10.7. The molecule has 2 N–H and O–H groups in total. The minimum Gasteiger partial charge on any atom is -0.491 e. The van der Waals surface area contributed by atoms with Gasteiger partial charge in [0.15, 0.2) is 12.2 Å². The molecule has 218 valence electrons. The van der Waals surface area contributed by atoms with Crippen LogP contribution in [-0.2, 0) is 30.8 Å². The Balaban J connectivity index is 1.49. The number of nitrogens with zero attached hydrogens (tertiary/aromatic N) is 2. The third kappa shape index (κ3) is 6.94. The summed E-state index contributed by atoms with van der Waals surface area (Å²) in [5, 5.41) is 5.20. The third-order valence-corrected chi connectivity index (χ3v) is 8.39. The predicted octanol–water partition coefficient (Wildman–Crippen LogP) is 2.66. The number of sulfonamides is 1. The van der Waals surface area contributed by atoms with Crippen molar-refractivity contribution < 1.29 is 32.2 Å². The van der Waals surface area contributed by atoms with E-state index in [1.165, 1.54) is 18.2 Å². The van der Waals surface area contributed by atoms with Gasteiger partial charge in [0, 0.05) is 12.6 Å². The monoisotopic (exact) mass is 573 g/mol. The lowest BCUT2D eigenvalue weighted by atomic mass is 9.90. The van der Waals surface area contributed by atoms with E-state index >= 15 is 0 Å².